The fraction of sp³-hybridized carbons (Fsp3) is 0.316. The van der Waals surface area contributed by atoms with Gasteiger partial charge >= 0.3 is 6.18 Å². The van der Waals surface area contributed by atoms with Crippen LogP contribution in [0.2, 0.25) is 10.0 Å². The number of hydrogen-bond donors (Lipinski definition) is 0. The zero-order chi connectivity index (χ0) is 21.5. The van der Waals surface area contributed by atoms with E-state index in [1.807, 2.05) is 0 Å². The smallest absolute Gasteiger partial charge is 0.378 e. The normalized spacial score (nSPS) is 15.0. The van der Waals surface area contributed by atoms with Crippen LogP contribution < -0.4 is 0 Å². The molecule has 2 aromatic heterocycles. The number of alkyl halides is 3. The van der Waals surface area contributed by atoms with Gasteiger partial charge in [0.2, 0.25) is 5.91 Å². The largest absolute Gasteiger partial charge is 0.433 e. The molecule has 0 unspecified atom stereocenters. The second kappa shape index (κ2) is 8.05. The molecule has 0 N–H and O–H groups in total. The Kier molecular flexibility index (Phi) is 5.61. The highest BCUT2D eigenvalue weighted by Gasteiger charge is 2.35. The van der Waals surface area contributed by atoms with Gasteiger partial charge in [-0.25, -0.2) is 9.50 Å². The van der Waals surface area contributed by atoms with E-state index in [2.05, 4.69) is 10.1 Å². The molecule has 1 saturated heterocycles. The molecule has 0 spiro atoms. The molecule has 11 heteroatoms. The summed E-state index contributed by atoms with van der Waals surface area (Å²) < 4.78 is 47.0. The number of halogens is 5. The Hall–Kier alpha value is -2.36. The van der Waals surface area contributed by atoms with Crippen molar-refractivity contribution in [1.29, 1.82) is 0 Å². The first-order chi connectivity index (χ1) is 14.2. The third-order valence-corrected chi connectivity index (χ3v) is 5.42. The third kappa shape index (κ3) is 4.23. The van der Waals surface area contributed by atoms with Gasteiger partial charge in [0, 0.05) is 24.7 Å². The standard InChI is InChI=1S/C19H15Cl2F3N4O2/c20-13-2-1-11(7-14(13)21)15-10-16(19(22,23)24)28-17(25-15)8-12(26-28)9-18(29)27-3-5-30-6-4-27/h1-2,7-8,10H,3-6,9H2. The number of fused-ring (bicyclic) bond motifs is 1. The van der Waals surface area contributed by atoms with Gasteiger partial charge in [0.1, 0.15) is 0 Å². The van der Waals surface area contributed by atoms with Crippen LogP contribution in [0.25, 0.3) is 16.9 Å². The molecule has 0 saturated carbocycles. The van der Waals surface area contributed by atoms with Crippen molar-refractivity contribution in [2.45, 2.75) is 12.6 Å². The molecule has 3 aromatic rings. The number of carbonyl (C=O) groups excluding carboxylic acids is 1. The third-order valence-electron chi connectivity index (χ3n) is 4.68. The second-order valence-electron chi connectivity index (χ2n) is 6.73. The molecule has 0 radical (unpaired) electrons. The molecule has 158 valence electrons. The van der Waals surface area contributed by atoms with Crippen LogP contribution in [0.3, 0.4) is 0 Å². The number of morpholine rings is 1. The maximum Gasteiger partial charge on any atom is 0.433 e. The number of hydrogen-bond acceptors (Lipinski definition) is 4. The summed E-state index contributed by atoms with van der Waals surface area (Å²) in [4.78, 5) is 18.3. The highest BCUT2D eigenvalue weighted by Crippen LogP contribution is 2.34. The molecule has 1 aliphatic rings. The Balaban J connectivity index is 1.74. The fourth-order valence-corrected chi connectivity index (χ4v) is 3.49. The molecule has 30 heavy (non-hydrogen) atoms. The minimum absolute atomic E-state index is 0.0179. The summed E-state index contributed by atoms with van der Waals surface area (Å²) in [7, 11) is 0. The molecule has 1 amide bonds. The first-order valence-corrected chi connectivity index (χ1v) is 9.76. The fourth-order valence-electron chi connectivity index (χ4n) is 3.19. The Bertz CT molecular complexity index is 1110. The molecular formula is C19H15Cl2F3N4O2. The summed E-state index contributed by atoms with van der Waals surface area (Å²) >= 11 is 11.9. The lowest BCUT2D eigenvalue weighted by Crippen LogP contribution is -2.41. The van der Waals surface area contributed by atoms with E-state index < -0.39 is 11.9 Å². The first-order valence-electron chi connectivity index (χ1n) is 9.00. The summed E-state index contributed by atoms with van der Waals surface area (Å²) in [6.07, 6.45) is -4.80. The predicted octanol–water partition coefficient (Wildman–Crippen LogP) is 4.12. The van der Waals surface area contributed by atoms with Gasteiger partial charge in [0.25, 0.3) is 0 Å². The summed E-state index contributed by atoms with van der Waals surface area (Å²) in [6, 6.07) is 6.75. The van der Waals surface area contributed by atoms with Crippen molar-refractivity contribution in [2.24, 2.45) is 0 Å². The number of carbonyl (C=O) groups is 1. The first kappa shape index (κ1) is 20.9. The van der Waals surface area contributed by atoms with Gasteiger partial charge in [-0.15, -0.1) is 0 Å². The van der Waals surface area contributed by atoms with Gasteiger partial charge < -0.3 is 9.64 Å². The summed E-state index contributed by atoms with van der Waals surface area (Å²) in [6.45, 7) is 1.76. The second-order valence-corrected chi connectivity index (χ2v) is 7.54. The zero-order valence-electron chi connectivity index (χ0n) is 15.4. The van der Waals surface area contributed by atoms with Crippen LogP contribution in [0.5, 0.6) is 0 Å². The average Bonchev–Trinajstić information content (AvgIpc) is 3.11. The molecule has 3 heterocycles. The molecule has 4 rings (SSSR count). The molecule has 0 aliphatic carbocycles. The lowest BCUT2D eigenvalue weighted by atomic mass is 10.1. The average molecular weight is 459 g/mol. The van der Waals surface area contributed by atoms with Gasteiger partial charge in [-0.05, 0) is 18.2 Å². The summed E-state index contributed by atoms with van der Waals surface area (Å²) in [5.74, 6) is -0.222. The minimum Gasteiger partial charge on any atom is -0.378 e. The maximum atomic E-state index is 13.7. The van der Waals surface area contributed by atoms with Crippen LogP contribution in [-0.4, -0.2) is 51.7 Å². The Morgan fingerprint density at radius 2 is 1.83 bits per heavy atom. The summed E-state index contributed by atoms with van der Waals surface area (Å²) in [5, 5.41) is 4.48. The number of ether oxygens (including phenoxy) is 1. The molecule has 1 fully saturated rings. The van der Waals surface area contributed by atoms with Gasteiger partial charge in [-0.2, -0.15) is 18.3 Å². The summed E-state index contributed by atoms with van der Waals surface area (Å²) in [5.41, 5.74) is -0.367. The molecule has 6 nitrogen and oxygen atoms in total. The van der Waals surface area contributed by atoms with Crippen LogP contribution in [0.1, 0.15) is 11.4 Å². The van der Waals surface area contributed by atoms with Crippen LogP contribution >= 0.6 is 23.2 Å². The van der Waals surface area contributed by atoms with Crippen molar-refractivity contribution >= 4 is 34.8 Å². The van der Waals surface area contributed by atoms with Crippen LogP contribution in [0.15, 0.2) is 30.3 Å². The Morgan fingerprint density at radius 3 is 2.50 bits per heavy atom. The van der Waals surface area contributed by atoms with Gasteiger partial charge in [0.15, 0.2) is 11.3 Å². The van der Waals surface area contributed by atoms with E-state index in [4.69, 9.17) is 27.9 Å². The van der Waals surface area contributed by atoms with E-state index in [0.29, 0.717) is 36.4 Å². The van der Waals surface area contributed by atoms with Gasteiger partial charge in [-0.1, -0.05) is 29.3 Å². The van der Waals surface area contributed by atoms with Crippen molar-refractivity contribution in [3.63, 3.8) is 0 Å². The van der Waals surface area contributed by atoms with E-state index >= 15 is 0 Å². The number of aromatic nitrogens is 3. The van der Waals surface area contributed by atoms with Crippen LogP contribution in [0, 0.1) is 0 Å². The minimum atomic E-state index is -4.68. The van der Waals surface area contributed by atoms with E-state index in [-0.39, 0.29) is 39.4 Å². The van der Waals surface area contributed by atoms with E-state index in [1.165, 1.54) is 24.3 Å². The number of amides is 1. The Labute approximate surface area is 179 Å². The van der Waals surface area contributed by atoms with Crippen molar-refractivity contribution < 1.29 is 22.7 Å². The molecule has 0 atom stereocenters. The molecule has 0 bridgehead atoms. The lowest BCUT2D eigenvalue weighted by molar-refractivity contribution is -0.142. The molecule has 1 aliphatic heterocycles. The highest BCUT2D eigenvalue weighted by atomic mass is 35.5. The van der Waals surface area contributed by atoms with Gasteiger partial charge in [0.05, 0.1) is 41.1 Å². The van der Waals surface area contributed by atoms with E-state index in [0.717, 1.165) is 6.07 Å². The van der Waals surface area contributed by atoms with E-state index in [9.17, 15) is 18.0 Å². The maximum absolute atomic E-state index is 13.7. The monoisotopic (exact) mass is 458 g/mol. The van der Waals surface area contributed by atoms with Crippen molar-refractivity contribution in [2.75, 3.05) is 26.3 Å². The van der Waals surface area contributed by atoms with Crippen LogP contribution in [0.4, 0.5) is 13.2 Å². The zero-order valence-corrected chi connectivity index (χ0v) is 16.9. The number of benzene rings is 1. The number of rotatable bonds is 3. The van der Waals surface area contributed by atoms with Crippen molar-refractivity contribution in [3.05, 3.63) is 51.8 Å². The van der Waals surface area contributed by atoms with E-state index in [1.54, 1.807) is 4.90 Å². The highest BCUT2D eigenvalue weighted by molar-refractivity contribution is 6.42. The van der Waals surface area contributed by atoms with Gasteiger partial charge in [-0.3, -0.25) is 4.79 Å². The number of nitrogens with zero attached hydrogens (tertiary/aromatic N) is 4. The van der Waals surface area contributed by atoms with Crippen molar-refractivity contribution in [1.82, 2.24) is 19.5 Å². The SMILES string of the molecule is O=C(Cc1cc2nc(-c3ccc(Cl)c(Cl)c3)cc(C(F)(F)F)n2n1)N1CCOCC1. The molecule has 1 aromatic carbocycles. The Morgan fingerprint density at radius 1 is 1.10 bits per heavy atom. The topological polar surface area (TPSA) is 59.7 Å². The van der Waals surface area contributed by atoms with Crippen LogP contribution in [-0.2, 0) is 22.1 Å². The predicted molar refractivity (Wildman–Crippen MR) is 105 cm³/mol. The van der Waals surface area contributed by atoms with Crippen molar-refractivity contribution in [3.8, 4) is 11.3 Å². The quantitative estimate of drug-likeness (QED) is 0.592. The lowest BCUT2D eigenvalue weighted by Gasteiger charge is -2.26. The molecular weight excluding hydrogens is 444 g/mol.